The Labute approximate surface area is 128 Å². The maximum absolute atomic E-state index is 4.53. The quantitative estimate of drug-likeness (QED) is 0.912. The standard InChI is InChI=1S/C18H27N3/c1-14-6-8-15(9-7-14)16(13-19-18(2,3)4)12-17-10-11-21(5)20-17/h6-11,16,19H,12-13H2,1-5H3. The number of benzene rings is 1. The highest BCUT2D eigenvalue weighted by Gasteiger charge is 2.17. The fourth-order valence-corrected chi connectivity index (χ4v) is 2.40. The highest BCUT2D eigenvalue weighted by atomic mass is 15.2. The minimum Gasteiger partial charge on any atom is -0.311 e. The number of aryl methyl sites for hydroxylation is 2. The van der Waals surface area contributed by atoms with E-state index < -0.39 is 0 Å². The maximum atomic E-state index is 4.53. The molecule has 0 aliphatic carbocycles. The lowest BCUT2D eigenvalue weighted by Gasteiger charge is -2.25. The van der Waals surface area contributed by atoms with E-state index in [1.165, 1.54) is 11.1 Å². The Morgan fingerprint density at radius 2 is 1.81 bits per heavy atom. The smallest absolute Gasteiger partial charge is 0.0631 e. The summed E-state index contributed by atoms with van der Waals surface area (Å²) < 4.78 is 1.87. The van der Waals surface area contributed by atoms with Gasteiger partial charge in [-0.15, -0.1) is 0 Å². The van der Waals surface area contributed by atoms with Crippen LogP contribution in [0.3, 0.4) is 0 Å². The van der Waals surface area contributed by atoms with Crippen molar-refractivity contribution in [3.63, 3.8) is 0 Å². The average molecular weight is 285 g/mol. The summed E-state index contributed by atoms with van der Waals surface area (Å²) in [5, 5.41) is 8.15. The van der Waals surface area contributed by atoms with Crippen LogP contribution in [-0.2, 0) is 13.5 Å². The Hall–Kier alpha value is -1.61. The van der Waals surface area contributed by atoms with Crippen LogP contribution in [0.5, 0.6) is 0 Å². The number of hydrogen-bond acceptors (Lipinski definition) is 2. The fraction of sp³-hybridized carbons (Fsp3) is 0.500. The van der Waals surface area contributed by atoms with E-state index in [1.54, 1.807) is 0 Å². The summed E-state index contributed by atoms with van der Waals surface area (Å²) in [5.41, 5.74) is 3.97. The maximum Gasteiger partial charge on any atom is 0.0631 e. The van der Waals surface area contributed by atoms with Gasteiger partial charge < -0.3 is 5.32 Å². The van der Waals surface area contributed by atoms with Gasteiger partial charge in [-0.3, -0.25) is 4.68 Å². The largest absolute Gasteiger partial charge is 0.311 e. The summed E-state index contributed by atoms with van der Waals surface area (Å²) in [4.78, 5) is 0. The van der Waals surface area contributed by atoms with E-state index in [2.05, 4.69) is 68.4 Å². The first kappa shape index (κ1) is 15.8. The van der Waals surface area contributed by atoms with Crippen molar-refractivity contribution in [2.24, 2.45) is 7.05 Å². The first-order valence-corrected chi connectivity index (χ1v) is 7.63. The van der Waals surface area contributed by atoms with E-state index >= 15 is 0 Å². The molecule has 0 saturated heterocycles. The molecule has 0 radical (unpaired) electrons. The molecule has 2 aromatic rings. The average Bonchev–Trinajstić information content (AvgIpc) is 2.80. The zero-order chi connectivity index (χ0) is 15.5. The Balaban J connectivity index is 2.15. The van der Waals surface area contributed by atoms with Gasteiger partial charge in [-0.1, -0.05) is 29.8 Å². The summed E-state index contributed by atoms with van der Waals surface area (Å²) >= 11 is 0. The Bertz CT molecular complexity index is 561. The van der Waals surface area contributed by atoms with Crippen molar-refractivity contribution in [1.29, 1.82) is 0 Å². The summed E-state index contributed by atoms with van der Waals surface area (Å²) in [5.74, 6) is 0.444. The molecule has 114 valence electrons. The monoisotopic (exact) mass is 285 g/mol. The highest BCUT2D eigenvalue weighted by molar-refractivity contribution is 5.26. The zero-order valence-corrected chi connectivity index (χ0v) is 13.9. The molecule has 1 aromatic heterocycles. The zero-order valence-electron chi connectivity index (χ0n) is 13.9. The summed E-state index contributed by atoms with van der Waals surface area (Å²) in [6.45, 7) is 9.72. The van der Waals surface area contributed by atoms with Crippen LogP contribution in [0.15, 0.2) is 36.5 Å². The van der Waals surface area contributed by atoms with Crippen LogP contribution in [0.1, 0.15) is 43.5 Å². The van der Waals surface area contributed by atoms with Gasteiger partial charge in [0.25, 0.3) is 0 Å². The second kappa shape index (κ2) is 6.44. The van der Waals surface area contributed by atoms with Crippen molar-refractivity contribution in [3.8, 4) is 0 Å². The van der Waals surface area contributed by atoms with E-state index in [1.807, 2.05) is 17.9 Å². The number of hydrogen-bond donors (Lipinski definition) is 1. The van der Waals surface area contributed by atoms with Crippen LogP contribution < -0.4 is 5.32 Å². The lowest BCUT2D eigenvalue weighted by atomic mass is 9.92. The van der Waals surface area contributed by atoms with Crippen molar-refractivity contribution in [2.75, 3.05) is 6.54 Å². The number of nitrogens with one attached hydrogen (secondary N) is 1. The van der Waals surface area contributed by atoms with E-state index in [0.29, 0.717) is 5.92 Å². The molecule has 0 fully saturated rings. The summed E-state index contributed by atoms with van der Waals surface area (Å²) in [7, 11) is 1.97. The second-order valence-corrected chi connectivity index (χ2v) is 6.92. The molecule has 21 heavy (non-hydrogen) atoms. The first-order valence-electron chi connectivity index (χ1n) is 7.63. The molecule has 0 spiro atoms. The van der Waals surface area contributed by atoms with Gasteiger partial charge in [0.2, 0.25) is 0 Å². The number of aromatic nitrogens is 2. The molecule has 1 unspecified atom stereocenters. The van der Waals surface area contributed by atoms with Gasteiger partial charge in [0.15, 0.2) is 0 Å². The molecule has 0 saturated carbocycles. The van der Waals surface area contributed by atoms with Gasteiger partial charge in [0.05, 0.1) is 5.69 Å². The lowest BCUT2D eigenvalue weighted by molar-refractivity contribution is 0.404. The fourth-order valence-electron chi connectivity index (χ4n) is 2.40. The molecule has 1 heterocycles. The molecule has 1 N–H and O–H groups in total. The Morgan fingerprint density at radius 1 is 1.14 bits per heavy atom. The van der Waals surface area contributed by atoms with Crippen LogP contribution in [-0.4, -0.2) is 21.9 Å². The SMILES string of the molecule is Cc1ccc(C(CNC(C)(C)C)Cc2ccn(C)n2)cc1. The van der Waals surface area contributed by atoms with Crippen molar-refractivity contribution in [3.05, 3.63) is 53.3 Å². The van der Waals surface area contributed by atoms with Crippen molar-refractivity contribution in [1.82, 2.24) is 15.1 Å². The van der Waals surface area contributed by atoms with Crippen molar-refractivity contribution in [2.45, 2.75) is 45.6 Å². The highest BCUT2D eigenvalue weighted by Crippen LogP contribution is 2.21. The number of nitrogens with zero attached hydrogens (tertiary/aromatic N) is 2. The molecule has 1 aromatic carbocycles. The third-order valence-corrected chi connectivity index (χ3v) is 3.65. The second-order valence-electron chi connectivity index (χ2n) is 6.92. The summed E-state index contributed by atoms with van der Waals surface area (Å²) in [6.07, 6.45) is 2.98. The number of rotatable bonds is 5. The van der Waals surface area contributed by atoms with Gasteiger partial charge in [-0.2, -0.15) is 5.10 Å². The van der Waals surface area contributed by atoms with E-state index in [-0.39, 0.29) is 5.54 Å². The topological polar surface area (TPSA) is 29.9 Å². The molecular formula is C18H27N3. The Kier molecular flexibility index (Phi) is 4.84. The van der Waals surface area contributed by atoms with Crippen molar-refractivity contribution < 1.29 is 0 Å². The molecule has 0 bridgehead atoms. The van der Waals surface area contributed by atoms with Crippen LogP contribution in [0.4, 0.5) is 0 Å². The van der Waals surface area contributed by atoms with Gasteiger partial charge in [-0.25, -0.2) is 0 Å². The molecule has 3 nitrogen and oxygen atoms in total. The van der Waals surface area contributed by atoms with Gasteiger partial charge in [0.1, 0.15) is 0 Å². The third kappa shape index (κ3) is 5.01. The van der Waals surface area contributed by atoms with Crippen LogP contribution in [0, 0.1) is 6.92 Å². The summed E-state index contributed by atoms with van der Waals surface area (Å²) in [6, 6.07) is 11.0. The van der Waals surface area contributed by atoms with Crippen molar-refractivity contribution >= 4 is 0 Å². The predicted molar refractivity (Wildman–Crippen MR) is 88.6 cm³/mol. The molecule has 0 aliphatic heterocycles. The van der Waals surface area contributed by atoms with Crippen LogP contribution >= 0.6 is 0 Å². The predicted octanol–water partition coefficient (Wildman–Crippen LogP) is 3.44. The molecule has 2 rings (SSSR count). The third-order valence-electron chi connectivity index (χ3n) is 3.65. The van der Waals surface area contributed by atoms with Crippen LogP contribution in [0.2, 0.25) is 0 Å². The van der Waals surface area contributed by atoms with Gasteiger partial charge >= 0.3 is 0 Å². The minimum atomic E-state index is 0.132. The van der Waals surface area contributed by atoms with Gasteiger partial charge in [-0.05, 0) is 45.7 Å². The minimum absolute atomic E-state index is 0.132. The lowest BCUT2D eigenvalue weighted by Crippen LogP contribution is -2.39. The Morgan fingerprint density at radius 3 is 2.33 bits per heavy atom. The first-order chi connectivity index (χ1) is 9.83. The van der Waals surface area contributed by atoms with E-state index in [0.717, 1.165) is 18.7 Å². The molecule has 0 amide bonds. The molecular weight excluding hydrogens is 258 g/mol. The molecule has 0 aliphatic rings. The molecule has 3 heteroatoms. The van der Waals surface area contributed by atoms with Gasteiger partial charge in [0, 0.05) is 31.2 Å². The van der Waals surface area contributed by atoms with E-state index in [4.69, 9.17) is 0 Å². The normalized spacial score (nSPS) is 13.4. The molecule has 1 atom stereocenters. The van der Waals surface area contributed by atoms with E-state index in [9.17, 15) is 0 Å². The van der Waals surface area contributed by atoms with Crippen LogP contribution in [0.25, 0.3) is 0 Å².